The van der Waals surface area contributed by atoms with E-state index in [0.29, 0.717) is 17.2 Å². The number of anilines is 1. The molecule has 0 aliphatic carbocycles. The summed E-state index contributed by atoms with van der Waals surface area (Å²) in [5, 5.41) is 0.530. The molecule has 6 nitrogen and oxygen atoms in total. The van der Waals surface area contributed by atoms with Crippen LogP contribution < -0.4 is 4.90 Å². The van der Waals surface area contributed by atoms with E-state index in [1.54, 1.807) is 47.3 Å². The zero-order valence-electron chi connectivity index (χ0n) is 18.3. The Balaban J connectivity index is 1.66. The second-order valence-corrected chi connectivity index (χ2v) is 11.9. The fraction of sp³-hybridized carbons (Fsp3) is 0.208. The molecule has 0 N–H and O–H groups in total. The molecule has 0 saturated carbocycles. The number of thiazole rings is 1. The molecule has 2 aromatic carbocycles. The highest BCUT2D eigenvalue weighted by molar-refractivity contribution is 7.99. The van der Waals surface area contributed by atoms with Crippen LogP contribution in [0.25, 0.3) is 10.2 Å². The van der Waals surface area contributed by atoms with Crippen molar-refractivity contribution in [1.29, 1.82) is 0 Å². The van der Waals surface area contributed by atoms with Crippen molar-refractivity contribution in [3.05, 3.63) is 78.1 Å². The fourth-order valence-electron chi connectivity index (χ4n) is 3.32. The van der Waals surface area contributed by atoms with Crippen LogP contribution in [-0.4, -0.2) is 36.3 Å². The van der Waals surface area contributed by atoms with E-state index in [0.717, 1.165) is 21.6 Å². The van der Waals surface area contributed by atoms with Crippen LogP contribution in [0.1, 0.15) is 18.1 Å². The van der Waals surface area contributed by atoms with E-state index in [1.165, 1.54) is 22.5 Å². The maximum atomic E-state index is 13.4. The molecular weight excluding hydrogens is 474 g/mol. The summed E-state index contributed by atoms with van der Waals surface area (Å²) in [5.41, 5.74) is 2.47. The monoisotopic (exact) mass is 497 g/mol. The number of fused-ring (bicyclic) bond motifs is 1. The largest absolute Gasteiger partial charge is 0.283 e. The van der Waals surface area contributed by atoms with E-state index in [2.05, 4.69) is 16.9 Å². The van der Waals surface area contributed by atoms with Gasteiger partial charge in [-0.2, -0.15) is 0 Å². The van der Waals surface area contributed by atoms with E-state index in [9.17, 15) is 13.2 Å². The molecular formula is C24H23N3O3S3. The molecule has 2 aromatic heterocycles. The summed E-state index contributed by atoms with van der Waals surface area (Å²) in [5.74, 6) is 0.910. The normalized spacial score (nSPS) is 11.6. The number of aromatic nitrogens is 2. The quantitative estimate of drug-likeness (QED) is 0.319. The van der Waals surface area contributed by atoms with Crippen molar-refractivity contribution in [2.45, 2.75) is 29.7 Å². The summed E-state index contributed by atoms with van der Waals surface area (Å²) in [6.07, 6.45) is 4.84. The number of pyridine rings is 1. The van der Waals surface area contributed by atoms with E-state index in [1.807, 2.05) is 36.4 Å². The first-order chi connectivity index (χ1) is 15.8. The van der Waals surface area contributed by atoms with Gasteiger partial charge in [-0.05, 0) is 53.3 Å². The van der Waals surface area contributed by atoms with Gasteiger partial charge in [-0.15, -0.1) is 11.8 Å². The minimum Gasteiger partial charge on any atom is -0.283 e. The van der Waals surface area contributed by atoms with Crippen LogP contribution in [0.2, 0.25) is 0 Å². The molecule has 0 unspecified atom stereocenters. The van der Waals surface area contributed by atoms with Gasteiger partial charge in [-0.25, -0.2) is 13.4 Å². The smallest absolute Gasteiger partial charge is 0.233 e. The predicted octanol–water partition coefficient (Wildman–Crippen LogP) is 4.98. The van der Waals surface area contributed by atoms with Crippen LogP contribution >= 0.6 is 23.1 Å². The Morgan fingerprint density at radius 1 is 1.09 bits per heavy atom. The van der Waals surface area contributed by atoms with Gasteiger partial charge in [0.1, 0.15) is 0 Å². The first kappa shape index (κ1) is 23.4. The number of rotatable bonds is 8. The Bertz CT molecular complexity index is 1370. The molecule has 4 aromatic rings. The van der Waals surface area contributed by atoms with Gasteiger partial charge in [-0.3, -0.25) is 14.7 Å². The number of hydrogen-bond acceptors (Lipinski definition) is 7. The summed E-state index contributed by atoms with van der Waals surface area (Å²) in [7, 11) is -3.33. The van der Waals surface area contributed by atoms with Gasteiger partial charge in [0.15, 0.2) is 15.0 Å². The van der Waals surface area contributed by atoms with Gasteiger partial charge >= 0.3 is 0 Å². The van der Waals surface area contributed by atoms with Crippen molar-refractivity contribution in [3.63, 3.8) is 0 Å². The van der Waals surface area contributed by atoms with Crippen molar-refractivity contribution < 1.29 is 13.2 Å². The Kier molecular flexibility index (Phi) is 7.11. The molecule has 0 saturated heterocycles. The second-order valence-electron chi connectivity index (χ2n) is 7.49. The lowest BCUT2D eigenvalue weighted by atomic mass is 10.1. The number of carbonyl (C=O) groups is 1. The zero-order chi connectivity index (χ0) is 23.4. The van der Waals surface area contributed by atoms with Crippen molar-refractivity contribution >= 4 is 54.2 Å². The van der Waals surface area contributed by atoms with Gasteiger partial charge in [0.25, 0.3) is 0 Å². The van der Waals surface area contributed by atoms with Gasteiger partial charge in [-0.1, -0.05) is 36.5 Å². The van der Waals surface area contributed by atoms with Crippen LogP contribution in [0.15, 0.2) is 76.8 Å². The number of thioether (sulfide) groups is 1. The van der Waals surface area contributed by atoms with Crippen LogP contribution in [0.5, 0.6) is 0 Å². The van der Waals surface area contributed by atoms with Crippen molar-refractivity contribution in [2.75, 3.05) is 16.9 Å². The predicted molar refractivity (Wildman–Crippen MR) is 135 cm³/mol. The fourth-order valence-corrected chi connectivity index (χ4v) is 5.72. The van der Waals surface area contributed by atoms with Gasteiger partial charge < -0.3 is 0 Å². The second kappa shape index (κ2) is 10.0. The third-order valence-electron chi connectivity index (χ3n) is 4.96. The Morgan fingerprint density at radius 3 is 2.55 bits per heavy atom. The molecule has 0 aliphatic rings. The number of benzene rings is 2. The molecule has 170 valence electrons. The lowest BCUT2D eigenvalue weighted by Gasteiger charge is -2.20. The number of nitrogens with zero attached hydrogens (tertiary/aromatic N) is 3. The minimum atomic E-state index is -3.33. The zero-order valence-corrected chi connectivity index (χ0v) is 20.7. The van der Waals surface area contributed by atoms with Gasteiger partial charge in [0.2, 0.25) is 5.91 Å². The summed E-state index contributed by atoms with van der Waals surface area (Å²) in [4.78, 5) is 25.3. The van der Waals surface area contributed by atoms with Crippen molar-refractivity contribution in [2.24, 2.45) is 0 Å². The molecule has 33 heavy (non-hydrogen) atoms. The third-order valence-corrected chi connectivity index (χ3v) is 8.01. The number of sulfone groups is 1. The molecule has 0 spiro atoms. The van der Waals surface area contributed by atoms with E-state index >= 15 is 0 Å². The van der Waals surface area contributed by atoms with E-state index in [-0.39, 0.29) is 17.2 Å². The van der Waals surface area contributed by atoms with Crippen molar-refractivity contribution in [1.82, 2.24) is 9.97 Å². The Labute approximate surface area is 201 Å². The minimum absolute atomic E-state index is 0.0860. The summed E-state index contributed by atoms with van der Waals surface area (Å²) >= 11 is 3.07. The molecule has 1 amide bonds. The highest BCUT2D eigenvalue weighted by atomic mass is 32.2. The molecule has 4 rings (SSSR count). The lowest BCUT2D eigenvalue weighted by Crippen LogP contribution is -2.31. The number of amides is 1. The first-order valence-electron chi connectivity index (χ1n) is 10.3. The Morgan fingerprint density at radius 2 is 1.88 bits per heavy atom. The molecule has 2 heterocycles. The highest BCUT2D eigenvalue weighted by Crippen LogP contribution is 2.32. The number of hydrogen-bond donors (Lipinski definition) is 0. The van der Waals surface area contributed by atoms with Crippen molar-refractivity contribution in [3.8, 4) is 0 Å². The van der Waals surface area contributed by atoms with Crippen LogP contribution in [0.3, 0.4) is 0 Å². The van der Waals surface area contributed by atoms with E-state index < -0.39 is 9.84 Å². The molecule has 9 heteroatoms. The molecule has 0 aliphatic heterocycles. The Hall–Kier alpha value is -2.75. The van der Waals surface area contributed by atoms with E-state index in [4.69, 9.17) is 0 Å². The average Bonchev–Trinajstić information content (AvgIpc) is 3.22. The SMILES string of the molecule is CCSc1ccc(CC(=O)N(Cc2cccnc2)c2nc3ccc(S(C)(=O)=O)cc3s2)cc1. The molecule has 0 bridgehead atoms. The standard InChI is InChI=1S/C24H23N3O3S3/c1-3-31-19-8-6-17(7-9-19)13-23(28)27(16-18-5-4-12-25-15-18)24-26-21-11-10-20(33(2,29)30)14-22(21)32-24/h4-12,14-15H,3,13,16H2,1-2H3. The molecule has 0 fully saturated rings. The maximum absolute atomic E-state index is 13.4. The molecule has 0 radical (unpaired) electrons. The summed E-state index contributed by atoms with van der Waals surface area (Å²) in [6, 6.07) is 16.6. The topological polar surface area (TPSA) is 80.2 Å². The van der Waals surface area contributed by atoms with Gasteiger partial charge in [0, 0.05) is 23.5 Å². The molecule has 0 atom stereocenters. The van der Waals surface area contributed by atoms with Crippen LogP contribution in [0.4, 0.5) is 5.13 Å². The highest BCUT2D eigenvalue weighted by Gasteiger charge is 2.21. The third kappa shape index (κ3) is 5.79. The maximum Gasteiger partial charge on any atom is 0.233 e. The average molecular weight is 498 g/mol. The first-order valence-corrected chi connectivity index (χ1v) is 14.0. The van der Waals surface area contributed by atoms with Crippen LogP contribution in [0, 0.1) is 0 Å². The summed E-state index contributed by atoms with van der Waals surface area (Å²) < 4.78 is 24.6. The number of carbonyl (C=O) groups excluding carboxylic acids is 1. The summed E-state index contributed by atoms with van der Waals surface area (Å²) in [6.45, 7) is 2.44. The lowest BCUT2D eigenvalue weighted by molar-refractivity contribution is -0.118. The van der Waals surface area contributed by atoms with Crippen LogP contribution in [-0.2, 0) is 27.6 Å². The van der Waals surface area contributed by atoms with Gasteiger partial charge in [0.05, 0.1) is 28.1 Å².